The average molecular weight is 242 g/mol. The van der Waals surface area contributed by atoms with Crippen LogP contribution in [0.3, 0.4) is 0 Å². The molecule has 102 valence electrons. The van der Waals surface area contributed by atoms with Crippen LogP contribution in [0.1, 0.15) is 46.5 Å². The highest BCUT2D eigenvalue weighted by Gasteiger charge is 2.15. The van der Waals surface area contributed by atoms with E-state index in [0.717, 1.165) is 13.2 Å². The van der Waals surface area contributed by atoms with Crippen LogP contribution in [0.25, 0.3) is 0 Å². The monoisotopic (exact) mass is 242 g/mol. The SMILES string of the molecule is CCCN1CCCC(NCCOC(C)C)CC1. The van der Waals surface area contributed by atoms with Crippen molar-refractivity contribution in [3.05, 3.63) is 0 Å². The van der Waals surface area contributed by atoms with Crippen molar-refractivity contribution >= 4 is 0 Å². The van der Waals surface area contributed by atoms with Gasteiger partial charge in [0.1, 0.15) is 0 Å². The lowest BCUT2D eigenvalue weighted by molar-refractivity contribution is 0.0790. The van der Waals surface area contributed by atoms with E-state index in [9.17, 15) is 0 Å². The van der Waals surface area contributed by atoms with Crippen LogP contribution in [0.4, 0.5) is 0 Å². The summed E-state index contributed by atoms with van der Waals surface area (Å²) in [4.78, 5) is 2.60. The van der Waals surface area contributed by atoms with Crippen molar-refractivity contribution in [1.82, 2.24) is 10.2 Å². The first-order valence-corrected chi connectivity index (χ1v) is 7.29. The molecule has 0 amide bonds. The molecule has 1 rings (SSSR count). The van der Waals surface area contributed by atoms with E-state index >= 15 is 0 Å². The molecule has 3 heteroatoms. The second kappa shape index (κ2) is 8.90. The molecule has 1 atom stereocenters. The maximum Gasteiger partial charge on any atom is 0.0594 e. The molecule has 0 spiro atoms. The van der Waals surface area contributed by atoms with Crippen molar-refractivity contribution in [3.8, 4) is 0 Å². The normalized spacial score (nSPS) is 22.9. The Labute approximate surface area is 107 Å². The van der Waals surface area contributed by atoms with Crippen LogP contribution in [0.15, 0.2) is 0 Å². The molecular formula is C14H30N2O. The lowest BCUT2D eigenvalue weighted by Gasteiger charge is -2.19. The molecule has 0 aromatic rings. The Balaban J connectivity index is 2.09. The summed E-state index contributed by atoms with van der Waals surface area (Å²) in [5.74, 6) is 0. The predicted molar refractivity (Wildman–Crippen MR) is 73.5 cm³/mol. The number of rotatable bonds is 7. The second-order valence-electron chi connectivity index (χ2n) is 5.34. The first-order valence-electron chi connectivity index (χ1n) is 7.29. The molecule has 0 aliphatic carbocycles. The number of nitrogens with zero attached hydrogens (tertiary/aromatic N) is 1. The molecule has 0 aromatic heterocycles. The summed E-state index contributed by atoms with van der Waals surface area (Å²) in [6, 6.07) is 0.701. The fourth-order valence-corrected chi connectivity index (χ4v) is 2.46. The summed E-state index contributed by atoms with van der Waals surface area (Å²) in [5.41, 5.74) is 0. The van der Waals surface area contributed by atoms with E-state index in [1.165, 1.54) is 45.3 Å². The van der Waals surface area contributed by atoms with Crippen LogP contribution in [0, 0.1) is 0 Å². The van der Waals surface area contributed by atoms with Gasteiger partial charge in [-0.2, -0.15) is 0 Å². The van der Waals surface area contributed by atoms with Crippen molar-refractivity contribution < 1.29 is 4.74 Å². The van der Waals surface area contributed by atoms with Gasteiger partial charge in [0.05, 0.1) is 12.7 Å². The molecule has 1 unspecified atom stereocenters. The molecule has 0 bridgehead atoms. The van der Waals surface area contributed by atoms with Gasteiger partial charge in [-0.15, -0.1) is 0 Å². The zero-order chi connectivity index (χ0) is 12.5. The summed E-state index contributed by atoms with van der Waals surface area (Å²) in [6.07, 6.45) is 5.58. The maximum absolute atomic E-state index is 5.55. The molecule has 3 nitrogen and oxygen atoms in total. The third-order valence-corrected chi connectivity index (χ3v) is 3.35. The summed E-state index contributed by atoms with van der Waals surface area (Å²) in [7, 11) is 0. The lowest BCUT2D eigenvalue weighted by atomic mass is 10.1. The number of likely N-dealkylation sites (tertiary alicyclic amines) is 1. The van der Waals surface area contributed by atoms with Gasteiger partial charge in [-0.05, 0) is 59.2 Å². The molecule has 1 aliphatic heterocycles. The van der Waals surface area contributed by atoms with E-state index < -0.39 is 0 Å². The highest BCUT2D eigenvalue weighted by molar-refractivity contribution is 4.74. The molecule has 0 saturated carbocycles. The Bertz CT molecular complexity index is 185. The quantitative estimate of drug-likeness (QED) is 0.693. The minimum absolute atomic E-state index is 0.353. The minimum Gasteiger partial charge on any atom is -0.377 e. The Morgan fingerprint density at radius 2 is 2.12 bits per heavy atom. The largest absolute Gasteiger partial charge is 0.377 e. The number of nitrogens with one attached hydrogen (secondary N) is 1. The minimum atomic E-state index is 0.353. The van der Waals surface area contributed by atoms with Crippen molar-refractivity contribution in [3.63, 3.8) is 0 Å². The first-order chi connectivity index (χ1) is 8.22. The summed E-state index contributed by atoms with van der Waals surface area (Å²) >= 11 is 0. The zero-order valence-corrected chi connectivity index (χ0v) is 11.9. The Kier molecular flexibility index (Phi) is 7.82. The van der Waals surface area contributed by atoms with Crippen molar-refractivity contribution in [2.24, 2.45) is 0 Å². The van der Waals surface area contributed by atoms with Crippen LogP contribution < -0.4 is 5.32 Å². The van der Waals surface area contributed by atoms with Crippen LogP contribution in [-0.2, 0) is 4.74 Å². The van der Waals surface area contributed by atoms with E-state index in [1.807, 2.05) is 0 Å². The van der Waals surface area contributed by atoms with Crippen molar-refractivity contribution in [2.45, 2.75) is 58.6 Å². The molecule has 17 heavy (non-hydrogen) atoms. The zero-order valence-electron chi connectivity index (χ0n) is 11.9. The third kappa shape index (κ3) is 7.02. The van der Waals surface area contributed by atoms with Crippen molar-refractivity contribution in [1.29, 1.82) is 0 Å². The maximum atomic E-state index is 5.55. The molecule has 0 radical (unpaired) electrons. The van der Waals surface area contributed by atoms with Gasteiger partial charge in [0, 0.05) is 12.6 Å². The molecule has 1 N–H and O–H groups in total. The molecule has 1 aliphatic rings. The van der Waals surface area contributed by atoms with Gasteiger partial charge in [-0.25, -0.2) is 0 Å². The summed E-state index contributed by atoms with van der Waals surface area (Å²) < 4.78 is 5.55. The average Bonchev–Trinajstić information content (AvgIpc) is 2.51. The van der Waals surface area contributed by atoms with Crippen molar-refractivity contribution in [2.75, 3.05) is 32.8 Å². The van der Waals surface area contributed by atoms with Gasteiger partial charge < -0.3 is 15.0 Å². The molecule has 0 aromatic carbocycles. The van der Waals surface area contributed by atoms with Gasteiger partial charge in [0.15, 0.2) is 0 Å². The van der Waals surface area contributed by atoms with Crippen LogP contribution in [-0.4, -0.2) is 49.8 Å². The van der Waals surface area contributed by atoms with E-state index in [0.29, 0.717) is 12.1 Å². The van der Waals surface area contributed by atoms with Gasteiger partial charge in [-0.3, -0.25) is 0 Å². The van der Waals surface area contributed by atoms with Gasteiger partial charge >= 0.3 is 0 Å². The van der Waals surface area contributed by atoms with E-state index in [1.54, 1.807) is 0 Å². The Morgan fingerprint density at radius 1 is 1.29 bits per heavy atom. The fraction of sp³-hybridized carbons (Fsp3) is 1.00. The fourth-order valence-electron chi connectivity index (χ4n) is 2.46. The Morgan fingerprint density at radius 3 is 2.82 bits per heavy atom. The number of hydrogen-bond donors (Lipinski definition) is 1. The molecular weight excluding hydrogens is 212 g/mol. The molecule has 1 fully saturated rings. The van der Waals surface area contributed by atoms with E-state index in [-0.39, 0.29) is 0 Å². The van der Waals surface area contributed by atoms with Crippen LogP contribution in [0.2, 0.25) is 0 Å². The van der Waals surface area contributed by atoms with Crippen LogP contribution >= 0.6 is 0 Å². The summed E-state index contributed by atoms with van der Waals surface area (Å²) in [5, 5.41) is 3.63. The molecule has 1 heterocycles. The van der Waals surface area contributed by atoms with Crippen LogP contribution in [0.5, 0.6) is 0 Å². The van der Waals surface area contributed by atoms with Gasteiger partial charge in [0.2, 0.25) is 0 Å². The number of ether oxygens (including phenoxy) is 1. The highest BCUT2D eigenvalue weighted by Crippen LogP contribution is 2.11. The molecule has 1 saturated heterocycles. The second-order valence-corrected chi connectivity index (χ2v) is 5.34. The van der Waals surface area contributed by atoms with E-state index in [4.69, 9.17) is 4.74 Å². The highest BCUT2D eigenvalue weighted by atomic mass is 16.5. The lowest BCUT2D eigenvalue weighted by Crippen LogP contribution is -2.33. The Hall–Kier alpha value is -0.120. The van der Waals surface area contributed by atoms with Gasteiger partial charge in [0.25, 0.3) is 0 Å². The third-order valence-electron chi connectivity index (χ3n) is 3.35. The smallest absolute Gasteiger partial charge is 0.0594 e. The van der Waals surface area contributed by atoms with E-state index in [2.05, 4.69) is 31.0 Å². The standard InChI is InChI=1S/C14H30N2O/c1-4-9-16-10-5-6-14(7-11-16)15-8-12-17-13(2)3/h13-15H,4-12H2,1-3H3. The predicted octanol–water partition coefficient (Wildman–Crippen LogP) is 2.27. The first kappa shape index (κ1) is 14.9. The summed E-state index contributed by atoms with van der Waals surface area (Å²) in [6.45, 7) is 12.1. The topological polar surface area (TPSA) is 24.5 Å². The number of hydrogen-bond acceptors (Lipinski definition) is 3. The van der Waals surface area contributed by atoms with Gasteiger partial charge in [-0.1, -0.05) is 6.92 Å².